The Bertz CT molecular complexity index is 185. The largest absolute Gasteiger partial charge is 0.448 e. The number of carbonyl (C=O) groups excluding carboxylic acids is 2. The highest BCUT2D eigenvalue weighted by Gasteiger charge is 2.24. The average Bonchev–Trinajstić information content (AvgIpc) is 2.31. The van der Waals surface area contributed by atoms with Gasteiger partial charge in [0.25, 0.3) is 0 Å². The van der Waals surface area contributed by atoms with Crippen molar-refractivity contribution in [3.8, 4) is 0 Å². The number of aliphatic imine (C=N–C) groups is 1. The summed E-state index contributed by atoms with van der Waals surface area (Å²) in [5, 5.41) is 2.70. The first-order chi connectivity index (χ1) is 4.84. The Morgan fingerprint density at radius 1 is 1.90 bits per heavy atom. The van der Waals surface area contributed by atoms with Gasteiger partial charge in [0, 0.05) is 0 Å². The molecule has 1 atom stereocenters. The average molecular weight is 142 g/mol. The van der Waals surface area contributed by atoms with Crippen molar-refractivity contribution in [1.29, 1.82) is 0 Å². The first kappa shape index (κ1) is 6.92. The zero-order chi connectivity index (χ0) is 7.40. The Morgan fingerprint density at radius 3 is 3.20 bits per heavy atom. The third-order valence-corrected chi connectivity index (χ3v) is 1.17. The Hall–Kier alpha value is -1.19. The summed E-state index contributed by atoms with van der Waals surface area (Å²) in [4.78, 5) is 23.4. The summed E-state index contributed by atoms with van der Waals surface area (Å²) in [6.45, 7) is 0.320. The molecule has 5 heteroatoms. The summed E-state index contributed by atoms with van der Waals surface area (Å²) in [5.41, 5.74) is 0. The molecule has 0 radical (unpaired) electrons. The van der Waals surface area contributed by atoms with E-state index in [1.165, 1.54) is 6.08 Å². The van der Waals surface area contributed by atoms with Crippen LogP contribution in [0.2, 0.25) is 0 Å². The van der Waals surface area contributed by atoms with E-state index in [9.17, 15) is 9.59 Å². The van der Waals surface area contributed by atoms with Crippen LogP contribution in [0.25, 0.3) is 0 Å². The van der Waals surface area contributed by atoms with E-state index in [2.05, 4.69) is 15.0 Å². The van der Waals surface area contributed by atoms with Crippen LogP contribution < -0.4 is 5.32 Å². The first-order valence-corrected chi connectivity index (χ1v) is 2.78. The topological polar surface area (TPSA) is 67.8 Å². The summed E-state index contributed by atoms with van der Waals surface area (Å²) < 4.78 is 4.52. The number of isocyanates is 1. The van der Waals surface area contributed by atoms with Crippen molar-refractivity contribution in [3.63, 3.8) is 0 Å². The van der Waals surface area contributed by atoms with Crippen LogP contribution in [0.1, 0.15) is 0 Å². The molecule has 0 aromatic rings. The van der Waals surface area contributed by atoms with Gasteiger partial charge in [0.15, 0.2) is 0 Å². The minimum Gasteiger partial charge on any atom is -0.448 e. The van der Waals surface area contributed by atoms with Crippen molar-refractivity contribution >= 4 is 12.0 Å². The normalized spacial score (nSPS) is 23.6. The van der Waals surface area contributed by atoms with Gasteiger partial charge in [-0.25, -0.2) is 9.79 Å². The van der Waals surface area contributed by atoms with Crippen LogP contribution in [-0.2, 0) is 14.3 Å². The number of cyclic esters (lactones) is 1. The van der Waals surface area contributed by atoms with Gasteiger partial charge in [0.2, 0.25) is 6.08 Å². The number of nitrogens with zero attached hydrogens (tertiary/aromatic N) is 1. The lowest BCUT2D eigenvalue weighted by Crippen LogP contribution is -2.29. The van der Waals surface area contributed by atoms with E-state index in [0.717, 1.165) is 0 Å². The molecule has 54 valence electrons. The van der Waals surface area contributed by atoms with Gasteiger partial charge in [-0.15, -0.1) is 0 Å². The fraction of sp³-hybridized carbons (Fsp3) is 0.600. The van der Waals surface area contributed by atoms with Crippen LogP contribution in [0.5, 0.6) is 0 Å². The second kappa shape index (κ2) is 3.10. The molecule has 0 spiro atoms. The molecule has 1 rings (SSSR count). The van der Waals surface area contributed by atoms with E-state index in [1.807, 2.05) is 0 Å². The summed E-state index contributed by atoms with van der Waals surface area (Å²) in [6.07, 6.45) is 1.34. The molecular formula is C5H6N2O3. The quantitative estimate of drug-likeness (QED) is 0.298. The first-order valence-electron chi connectivity index (χ1n) is 2.78. The molecule has 10 heavy (non-hydrogen) atoms. The fourth-order valence-corrected chi connectivity index (χ4v) is 0.665. The second-order valence-electron chi connectivity index (χ2n) is 1.80. The maximum absolute atomic E-state index is 10.6. The third kappa shape index (κ3) is 1.40. The molecule has 0 aromatic carbocycles. The van der Waals surface area contributed by atoms with Gasteiger partial charge in [-0.05, 0) is 0 Å². The summed E-state index contributed by atoms with van der Waals surface area (Å²) in [6, 6.07) is -0.457. The zero-order valence-electron chi connectivity index (χ0n) is 5.16. The summed E-state index contributed by atoms with van der Waals surface area (Å²) >= 11 is 0. The minimum absolute atomic E-state index is 0.113. The van der Waals surface area contributed by atoms with Crippen LogP contribution in [0.4, 0.5) is 0 Å². The van der Waals surface area contributed by atoms with Gasteiger partial charge in [-0.2, -0.15) is 0 Å². The third-order valence-electron chi connectivity index (χ3n) is 1.17. The molecule has 1 aliphatic heterocycles. The SMILES string of the molecule is O=C=NC[C@@H]1NCOC1=O. The molecular weight excluding hydrogens is 136 g/mol. The highest BCUT2D eigenvalue weighted by Crippen LogP contribution is 1.96. The number of esters is 1. The van der Waals surface area contributed by atoms with Crippen molar-refractivity contribution < 1.29 is 14.3 Å². The molecule has 0 aromatic heterocycles. The molecule has 1 fully saturated rings. The number of carbonyl (C=O) groups is 1. The second-order valence-corrected chi connectivity index (χ2v) is 1.80. The van der Waals surface area contributed by atoms with Gasteiger partial charge >= 0.3 is 5.97 Å². The molecule has 0 amide bonds. The molecule has 0 unspecified atom stereocenters. The van der Waals surface area contributed by atoms with Crippen LogP contribution in [0.15, 0.2) is 4.99 Å². The predicted molar refractivity (Wildman–Crippen MR) is 30.9 cm³/mol. The van der Waals surface area contributed by atoms with Gasteiger partial charge in [-0.3, -0.25) is 10.1 Å². The molecule has 1 aliphatic rings. The number of hydrogen-bond donors (Lipinski definition) is 1. The van der Waals surface area contributed by atoms with Gasteiger partial charge in [0.05, 0.1) is 6.54 Å². The lowest BCUT2D eigenvalue weighted by molar-refractivity contribution is -0.138. The Kier molecular flexibility index (Phi) is 2.15. The number of rotatable bonds is 2. The van der Waals surface area contributed by atoms with Crippen molar-refractivity contribution in [1.82, 2.24) is 5.32 Å². The molecule has 1 heterocycles. The van der Waals surface area contributed by atoms with Crippen LogP contribution in [-0.4, -0.2) is 31.4 Å². The minimum atomic E-state index is -0.457. The van der Waals surface area contributed by atoms with Crippen LogP contribution >= 0.6 is 0 Å². The Labute approximate surface area is 57.1 Å². The van der Waals surface area contributed by atoms with Crippen molar-refractivity contribution in [3.05, 3.63) is 0 Å². The van der Waals surface area contributed by atoms with E-state index in [4.69, 9.17) is 0 Å². The highest BCUT2D eigenvalue weighted by atomic mass is 16.6. The van der Waals surface area contributed by atoms with Crippen LogP contribution in [0, 0.1) is 0 Å². The molecule has 0 saturated carbocycles. The number of ether oxygens (including phenoxy) is 1. The lowest BCUT2D eigenvalue weighted by Gasteiger charge is -1.96. The van der Waals surface area contributed by atoms with Crippen LogP contribution in [0.3, 0.4) is 0 Å². The zero-order valence-corrected chi connectivity index (χ0v) is 5.16. The van der Waals surface area contributed by atoms with E-state index < -0.39 is 6.04 Å². The Morgan fingerprint density at radius 2 is 2.70 bits per heavy atom. The van der Waals surface area contributed by atoms with E-state index in [-0.39, 0.29) is 19.2 Å². The monoisotopic (exact) mass is 142 g/mol. The van der Waals surface area contributed by atoms with E-state index >= 15 is 0 Å². The smallest absolute Gasteiger partial charge is 0.326 e. The Balaban J connectivity index is 2.40. The van der Waals surface area contributed by atoms with Crippen molar-refractivity contribution in [2.45, 2.75) is 6.04 Å². The molecule has 1 saturated heterocycles. The summed E-state index contributed by atoms with van der Waals surface area (Å²) in [5.74, 6) is -0.362. The van der Waals surface area contributed by atoms with Crippen molar-refractivity contribution in [2.24, 2.45) is 4.99 Å². The molecule has 1 N–H and O–H groups in total. The number of hydrogen-bond acceptors (Lipinski definition) is 5. The maximum Gasteiger partial charge on any atom is 0.326 e. The fourth-order valence-electron chi connectivity index (χ4n) is 0.665. The molecule has 5 nitrogen and oxygen atoms in total. The van der Waals surface area contributed by atoms with Crippen molar-refractivity contribution in [2.75, 3.05) is 13.3 Å². The van der Waals surface area contributed by atoms with Gasteiger partial charge in [0.1, 0.15) is 12.8 Å². The predicted octanol–water partition coefficient (Wildman–Crippen LogP) is -1.21. The number of nitrogens with one attached hydrogen (secondary N) is 1. The van der Waals surface area contributed by atoms with Gasteiger partial charge in [-0.1, -0.05) is 0 Å². The van der Waals surface area contributed by atoms with E-state index in [0.29, 0.717) is 0 Å². The summed E-state index contributed by atoms with van der Waals surface area (Å²) in [7, 11) is 0. The maximum atomic E-state index is 10.6. The molecule has 0 aliphatic carbocycles. The van der Waals surface area contributed by atoms with Gasteiger partial charge < -0.3 is 4.74 Å². The van der Waals surface area contributed by atoms with E-state index in [1.54, 1.807) is 0 Å². The standard InChI is InChI=1S/C5H6N2O3/c8-2-6-1-4-5(9)10-3-7-4/h4,7H,1,3H2/t4-/m0/s1. The lowest BCUT2D eigenvalue weighted by atomic mass is 10.3. The molecule has 0 bridgehead atoms. The highest BCUT2D eigenvalue weighted by molar-refractivity contribution is 5.77.